The molecule has 0 saturated carbocycles. The minimum atomic E-state index is -0.252. The number of ether oxygens (including phenoxy) is 10. The fourth-order valence-corrected chi connectivity index (χ4v) is 2.52. The van der Waals surface area contributed by atoms with Crippen LogP contribution < -0.4 is 0 Å². The van der Waals surface area contributed by atoms with Gasteiger partial charge in [0.25, 0.3) is 0 Å². The summed E-state index contributed by atoms with van der Waals surface area (Å²) >= 11 is 0. The molecule has 0 N–H and O–H groups in total. The predicted octanol–water partition coefficient (Wildman–Crippen LogP) is 1.42. The fourth-order valence-electron chi connectivity index (χ4n) is 2.52. The third-order valence-corrected chi connectivity index (χ3v) is 4.30. The van der Waals surface area contributed by atoms with Crippen molar-refractivity contribution in [2.75, 3.05) is 119 Å². The highest BCUT2D eigenvalue weighted by atomic mass is 16.6. The first-order chi connectivity index (χ1) is 18.2. The van der Waals surface area contributed by atoms with Gasteiger partial charge in [0, 0.05) is 6.42 Å². The number of carbonyl (C=O) groups excluding carboxylic acids is 2. The zero-order valence-electron chi connectivity index (χ0n) is 22.7. The first-order valence-corrected chi connectivity index (χ1v) is 13.1. The van der Waals surface area contributed by atoms with E-state index in [1.807, 2.05) is 6.92 Å². The quantitative estimate of drug-likeness (QED) is 0.0966. The molecular formula is C25H48O12. The maximum absolute atomic E-state index is 11.2. The lowest BCUT2D eigenvalue weighted by Gasteiger charge is -2.09. The Balaban J connectivity index is 3.07. The Morgan fingerprint density at radius 2 is 0.676 bits per heavy atom. The van der Waals surface area contributed by atoms with Crippen molar-refractivity contribution in [3.05, 3.63) is 0 Å². The Morgan fingerprint density at radius 1 is 0.378 bits per heavy atom. The molecule has 0 bridgehead atoms. The lowest BCUT2D eigenvalue weighted by Crippen LogP contribution is -2.15. The lowest BCUT2D eigenvalue weighted by molar-refractivity contribution is -0.146. The fraction of sp³-hybridized carbons (Fsp3) is 0.920. The van der Waals surface area contributed by atoms with Gasteiger partial charge in [0.1, 0.15) is 6.61 Å². The second-order valence-corrected chi connectivity index (χ2v) is 7.42. The van der Waals surface area contributed by atoms with Crippen molar-refractivity contribution in [3.63, 3.8) is 0 Å². The number of hydrogen-bond donors (Lipinski definition) is 0. The molecule has 0 aliphatic rings. The van der Waals surface area contributed by atoms with Gasteiger partial charge in [0.2, 0.25) is 0 Å². The van der Waals surface area contributed by atoms with Crippen LogP contribution in [0.3, 0.4) is 0 Å². The first-order valence-electron chi connectivity index (χ1n) is 13.1. The summed E-state index contributed by atoms with van der Waals surface area (Å²) in [6.45, 7) is 11.7. The highest BCUT2D eigenvalue weighted by Crippen LogP contribution is 1.91. The normalized spacial score (nSPS) is 11.1. The molecule has 0 saturated heterocycles. The molecule has 0 rings (SSSR count). The Morgan fingerprint density at radius 3 is 1.00 bits per heavy atom. The van der Waals surface area contributed by atoms with E-state index in [1.165, 1.54) is 0 Å². The van der Waals surface area contributed by atoms with Crippen LogP contribution in [0.4, 0.5) is 0 Å². The number of carbonyl (C=O) groups is 2. The molecule has 12 heteroatoms. The maximum Gasteiger partial charge on any atom is 0.308 e. The van der Waals surface area contributed by atoms with E-state index in [0.717, 1.165) is 6.42 Å². The Hall–Kier alpha value is -1.38. The average molecular weight is 541 g/mol. The topological polar surface area (TPSA) is 126 Å². The minimum Gasteiger partial charge on any atom is -0.466 e. The third kappa shape index (κ3) is 30.7. The molecule has 0 aromatic heterocycles. The van der Waals surface area contributed by atoms with Crippen molar-refractivity contribution in [3.8, 4) is 0 Å². The molecule has 0 heterocycles. The van der Waals surface area contributed by atoms with Crippen molar-refractivity contribution < 1.29 is 57.0 Å². The zero-order valence-corrected chi connectivity index (χ0v) is 22.7. The first kappa shape index (κ1) is 35.6. The van der Waals surface area contributed by atoms with E-state index in [2.05, 4.69) is 0 Å². The number of esters is 2. The molecule has 0 aromatic rings. The van der Waals surface area contributed by atoms with Crippen LogP contribution in [0.5, 0.6) is 0 Å². The maximum atomic E-state index is 11.2. The second kappa shape index (κ2) is 30.8. The SMILES string of the molecule is CCCC(=O)OCCOCCOCCOCCOCCOCCOCCOCCOCCC(=O)OCC. The van der Waals surface area contributed by atoms with Gasteiger partial charge in [-0.25, -0.2) is 0 Å². The predicted molar refractivity (Wildman–Crippen MR) is 134 cm³/mol. The van der Waals surface area contributed by atoms with Gasteiger partial charge < -0.3 is 47.4 Å². The van der Waals surface area contributed by atoms with Crippen molar-refractivity contribution in [1.82, 2.24) is 0 Å². The molecule has 0 unspecified atom stereocenters. The summed E-state index contributed by atoms with van der Waals surface area (Å²) in [6, 6.07) is 0. The lowest BCUT2D eigenvalue weighted by atomic mass is 10.3. The molecular weight excluding hydrogens is 492 g/mol. The van der Waals surface area contributed by atoms with Gasteiger partial charge in [-0.15, -0.1) is 0 Å². The van der Waals surface area contributed by atoms with E-state index in [1.54, 1.807) is 6.92 Å². The summed E-state index contributed by atoms with van der Waals surface area (Å²) in [7, 11) is 0. The summed E-state index contributed by atoms with van der Waals surface area (Å²) in [5.74, 6) is -0.443. The Labute approximate surface area is 221 Å². The van der Waals surface area contributed by atoms with Crippen LogP contribution in [0, 0.1) is 0 Å². The van der Waals surface area contributed by atoms with E-state index in [-0.39, 0.29) is 25.0 Å². The molecule has 0 aromatic carbocycles. The number of rotatable bonds is 30. The van der Waals surface area contributed by atoms with Crippen molar-refractivity contribution in [1.29, 1.82) is 0 Å². The molecule has 0 atom stereocenters. The zero-order chi connectivity index (χ0) is 27.1. The van der Waals surface area contributed by atoms with Crippen LogP contribution in [-0.4, -0.2) is 131 Å². The number of hydrogen-bond acceptors (Lipinski definition) is 12. The smallest absolute Gasteiger partial charge is 0.308 e. The monoisotopic (exact) mass is 540 g/mol. The van der Waals surface area contributed by atoms with E-state index in [0.29, 0.717) is 119 Å². The highest BCUT2D eigenvalue weighted by molar-refractivity contribution is 5.69. The molecule has 0 amide bonds. The molecule has 220 valence electrons. The van der Waals surface area contributed by atoms with Gasteiger partial charge >= 0.3 is 11.9 Å². The summed E-state index contributed by atoms with van der Waals surface area (Å²) in [4.78, 5) is 22.3. The summed E-state index contributed by atoms with van der Waals surface area (Å²) < 4.78 is 52.8. The van der Waals surface area contributed by atoms with Crippen LogP contribution in [0.2, 0.25) is 0 Å². The third-order valence-electron chi connectivity index (χ3n) is 4.30. The van der Waals surface area contributed by atoms with Gasteiger partial charge in [-0.2, -0.15) is 0 Å². The largest absolute Gasteiger partial charge is 0.466 e. The van der Waals surface area contributed by atoms with E-state index < -0.39 is 0 Å². The van der Waals surface area contributed by atoms with Gasteiger partial charge in [-0.1, -0.05) is 6.92 Å². The van der Waals surface area contributed by atoms with Crippen molar-refractivity contribution in [2.24, 2.45) is 0 Å². The van der Waals surface area contributed by atoms with Crippen molar-refractivity contribution >= 4 is 11.9 Å². The summed E-state index contributed by atoms with van der Waals surface area (Å²) in [6.07, 6.45) is 1.48. The van der Waals surface area contributed by atoms with Crippen molar-refractivity contribution in [2.45, 2.75) is 33.1 Å². The minimum absolute atomic E-state index is 0.190. The summed E-state index contributed by atoms with van der Waals surface area (Å²) in [5.41, 5.74) is 0. The van der Waals surface area contributed by atoms with Gasteiger partial charge in [-0.05, 0) is 13.3 Å². The van der Waals surface area contributed by atoms with E-state index >= 15 is 0 Å². The summed E-state index contributed by atoms with van der Waals surface area (Å²) in [5, 5.41) is 0. The molecule has 0 aliphatic heterocycles. The van der Waals surface area contributed by atoms with Crippen LogP contribution >= 0.6 is 0 Å². The molecule has 0 fully saturated rings. The molecule has 0 radical (unpaired) electrons. The molecule has 37 heavy (non-hydrogen) atoms. The molecule has 0 aliphatic carbocycles. The van der Waals surface area contributed by atoms with E-state index in [9.17, 15) is 9.59 Å². The van der Waals surface area contributed by atoms with Crippen LogP contribution in [0.15, 0.2) is 0 Å². The van der Waals surface area contributed by atoms with Crippen LogP contribution in [0.25, 0.3) is 0 Å². The van der Waals surface area contributed by atoms with Crippen LogP contribution in [-0.2, 0) is 57.0 Å². The Kier molecular flexibility index (Phi) is 29.7. The molecule has 0 spiro atoms. The standard InChI is InChI=1S/C25H48O12/c1-3-5-24(26)37-23-22-35-21-20-34-19-18-33-17-16-32-15-14-31-13-12-30-11-10-29-9-8-28-7-6-25(27)36-4-2/h3-23H2,1-2H3. The highest BCUT2D eigenvalue weighted by Gasteiger charge is 2.01. The van der Waals surface area contributed by atoms with Gasteiger partial charge in [-0.3, -0.25) is 9.59 Å². The average Bonchev–Trinajstić information content (AvgIpc) is 2.88. The van der Waals surface area contributed by atoms with E-state index in [4.69, 9.17) is 47.4 Å². The van der Waals surface area contributed by atoms with Gasteiger partial charge in [0.15, 0.2) is 0 Å². The molecule has 12 nitrogen and oxygen atoms in total. The van der Waals surface area contributed by atoms with Crippen LogP contribution in [0.1, 0.15) is 33.1 Å². The second-order valence-electron chi connectivity index (χ2n) is 7.42. The van der Waals surface area contributed by atoms with Gasteiger partial charge in [0.05, 0.1) is 119 Å². The Bertz CT molecular complexity index is 450.